The molecule has 0 spiro atoms. The van der Waals surface area contributed by atoms with Gasteiger partial charge in [0, 0.05) is 24.4 Å². The number of benzene rings is 2. The number of rotatable bonds is 2. The van der Waals surface area contributed by atoms with Crippen LogP contribution in [-0.4, -0.2) is 11.0 Å². The Balaban J connectivity index is 1.71. The first kappa shape index (κ1) is 13.2. The van der Waals surface area contributed by atoms with E-state index in [1.807, 2.05) is 37.3 Å². The summed E-state index contributed by atoms with van der Waals surface area (Å²) in [5.41, 5.74) is 3.97. The number of aryl methyl sites for hydroxylation is 2. The molecule has 1 heterocycles. The molecule has 0 fully saturated rings. The fraction of sp³-hybridized carbons (Fsp3) is 0.125. The molecule has 0 bridgehead atoms. The Morgan fingerprint density at radius 2 is 1.67 bits per heavy atom. The van der Waals surface area contributed by atoms with Crippen LogP contribution in [0.4, 0.5) is 16.2 Å². The van der Waals surface area contributed by atoms with Crippen LogP contribution in [-0.2, 0) is 0 Å². The van der Waals surface area contributed by atoms with Crippen LogP contribution >= 0.6 is 0 Å². The maximum absolute atomic E-state index is 11.9. The Morgan fingerprint density at radius 3 is 2.43 bits per heavy atom. The summed E-state index contributed by atoms with van der Waals surface area (Å²) in [5.74, 6) is 0.603. The number of anilines is 2. The van der Waals surface area contributed by atoms with Gasteiger partial charge in [-0.3, -0.25) is 0 Å². The molecule has 5 nitrogen and oxygen atoms in total. The van der Waals surface area contributed by atoms with E-state index in [-0.39, 0.29) is 6.03 Å². The van der Waals surface area contributed by atoms with E-state index in [4.69, 9.17) is 4.42 Å². The molecule has 2 amide bonds. The zero-order chi connectivity index (χ0) is 14.8. The first-order valence-electron chi connectivity index (χ1n) is 6.62. The number of hydrogen-bond acceptors (Lipinski definition) is 3. The van der Waals surface area contributed by atoms with Gasteiger partial charge in [-0.05, 0) is 31.2 Å². The molecular formula is C16H15N3O2. The van der Waals surface area contributed by atoms with Gasteiger partial charge >= 0.3 is 6.03 Å². The van der Waals surface area contributed by atoms with Gasteiger partial charge in [-0.2, -0.15) is 0 Å². The molecule has 0 saturated carbocycles. The predicted octanol–water partition coefficient (Wildman–Crippen LogP) is 4.09. The van der Waals surface area contributed by atoms with Crippen molar-refractivity contribution in [3.63, 3.8) is 0 Å². The molecule has 0 aliphatic heterocycles. The SMILES string of the molecule is Cc1ccc(NC(=O)Nc2ccc3nc(C)oc3c2)cc1. The Labute approximate surface area is 122 Å². The summed E-state index contributed by atoms with van der Waals surface area (Å²) in [4.78, 5) is 16.2. The average molecular weight is 281 g/mol. The number of aromatic nitrogens is 1. The molecule has 2 aromatic carbocycles. The third-order valence-corrected chi connectivity index (χ3v) is 3.06. The topological polar surface area (TPSA) is 67.2 Å². The maximum Gasteiger partial charge on any atom is 0.323 e. The van der Waals surface area contributed by atoms with E-state index in [0.717, 1.165) is 16.8 Å². The normalized spacial score (nSPS) is 10.6. The molecule has 21 heavy (non-hydrogen) atoms. The molecule has 0 aliphatic carbocycles. The van der Waals surface area contributed by atoms with Crippen molar-refractivity contribution in [3.05, 3.63) is 53.9 Å². The summed E-state index contributed by atoms with van der Waals surface area (Å²) in [6.45, 7) is 3.79. The van der Waals surface area contributed by atoms with Gasteiger partial charge in [0.2, 0.25) is 0 Å². The third kappa shape index (κ3) is 3.02. The van der Waals surface area contributed by atoms with Gasteiger partial charge in [0.05, 0.1) is 0 Å². The lowest BCUT2D eigenvalue weighted by Crippen LogP contribution is -2.19. The van der Waals surface area contributed by atoms with Crippen molar-refractivity contribution >= 4 is 28.5 Å². The molecule has 0 atom stereocenters. The predicted molar refractivity (Wildman–Crippen MR) is 82.6 cm³/mol. The quantitative estimate of drug-likeness (QED) is 0.743. The van der Waals surface area contributed by atoms with Crippen molar-refractivity contribution < 1.29 is 9.21 Å². The van der Waals surface area contributed by atoms with Crippen molar-refractivity contribution in [2.75, 3.05) is 10.6 Å². The molecule has 3 aromatic rings. The van der Waals surface area contributed by atoms with E-state index in [1.54, 1.807) is 19.1 Å². The number of carbonyl (C=O) groups is 1. The Hall–Kier alpha value is -2.82. The lowest BCUT2D eigenvalue weighted by atomic mass is 10.2. The van der Waals surface area contributed by atoms with Gasteiger partial charge in [-0.1, -0.05) is 17.7 Å². The van der Waals surface area contributed by atoms with Gasteiger partial charge in [-0.25, -0.2) is 9.78 Å². The molecule has 3 rings (SSSR count). The van der Waals surface area contributed by atoms with E-state index in [9.17, 15) is 4.79 Å². The summed E-state index contributed by atoms with van der Waals surface area (Å²) in [7, 11) is 0. The van der Waals surface area contributed by atoms with Crippen molar-refractivity contribution in [1.29, 1.82) is 0 Å². The number of amides is 2. The van der Waals surface area contributed by atoms with Crippen LogP contribution in [0, 0.1) is 13.8 Å². The lowest BCUT2D eigenvalue weighted by Gasteiger charge is -2.07. The second-order valence-electron chi connectivity index (χ2n) is 4.86. The number of oxazole rings is 1. The van der Waals surface area contributed by atoms with Gasteiger partial charge in [0.25, 0.3) is 0 Å². The van der Waals surface area contributed by atoms with Crippen molar-refractivity contribution in [2.45, 2.75) is 13.8 Å². The van der Waals surface area contributed by atoms with Crippen LogP contribution in [0.1, 0.15) is 11.5 Å². The first-order chi connectivity index (χ1) is 10.1. The van der Waals surface area contributed by atoms with E-state index < -0.39 is 0 Å². The van der Waals surface area contributed by atoms with Crippen LogP contribution < -0.4 is 10.6 Å². The van der Waals surface area contributed by atoms with E-state index in [1.165, 1.54) is 0 Å². The summed E-state index contributed by atoms with van der Waals surface area (Å²) in [6.07, 6.45) is 0. The zero-order valence-electron chi connectivity index (χ0n) is 11.8. The molecular weight excluding hydrogens is 266 g/mol. The summed E-state index contributed by atoms with van der Waals surface area (Å²) in [5, 5.41) is 5.54. The number of hydrogen-bond donors (Lipinski definition) is 2. The first-order valence-corrected chi connectivity index (χ1v) is 6.62. The highest BCUT2D eigenvalue weighted by Crippen LogP contribution is 2.20. The maximum atomic E-state index is 11.9. The number of carbonyl (C=O) groups excluding carboxylic acids is 1. The summed E-state index contributed by atoms with van der Waals surface area (Å²) < 4.78 is 5.44. The standard InChI is InChI=1S/C16H15N3O2/c1-10-3-5-12(6-4-10)18-16(20)19-13-7-8-14-15(9-13)21-11(2)17-14/h3-9H,1-2H3,(H2,18,19,20). The zero-order valence-corrected chi connectivity index (χ0v) is 11.8. The van der Waals surface area contributed by atoms with Gasteiger partial charge in [0.15, 0.2) is 11.5 Å². The van der Waals surface area contributed by atoms with Crippen LogP contribution in [0.5, 0.6) is 0 Å². The van der Waals surface area contributed by atoms with Gasteiger partial charge in [-0.15, -0.1) is 0 Å². The Kier molecular flexibility index (Phi) is 3.31. The second-order valence-corrected chi connectivity index (χ2v) is 4.86. The molecule has 0 aliphatic rings. The van der Waals surface area contributed by atoms with Crippen LogP contribution in [0.25, 0.3) is 11.1 Å². The minimum atomic E-state index is -0.297. The van der Waals surface area contributed by atoms with Gasteiger partial charge in [0.1, 0.15) is 5.52 Å². The number of nitrogens with zero attached hydrogens (tertiary/aromatic N) is 1. The molecule has 0 unspecified atom stereocenters. The van der Waals surface area contributed by atoms with Crippen LogP contribution in [0.15, 0.2) is 46.9 Å². The van der Waals surface area contributed by atoms with Crippen LogP contribution in [0.2, 0.25) is 0 Å². The molecule has 1 aromatic heterocycles. The van der Waals surface area contributed by atoms with Crippen LogP contribution in [0.3, 0.4) is 0 Å². The summed E-state index contributed by atoms with van der Waals surface area (Å²) in [6, 6.07) is 12.7. The molecule has 2 N–H and O–H groups in total. The highest BCUT2D eigenvalue weighted by Gasteiger charge is 2.06. The lowest BCUT2D eigenvalue weighted by molar-refractivity contribution is 0.262. The monoisotopic (exact) mass is 281 g/mol. The average Bonchev–Trinajstić information content (AvgIpc) is 2.80. The minimum absolute atomic E-state index is 0.297. The molecule has 5 heteroatoms. The fourth-order valence-electron chi connectivity index (χ4n) is 2.05. The van der Waals surface area contributed by atoms with E-state index in [0.29, 0.717) is 17.2 Å². The largest absolute Gasteiger partial charge is 0.441 e. The van der Waals surface area contributed by atoms with Crippen molar-refractivity contribution in [1.82, 2.24) is 4.98 Å². The minimum Gasteiger partial charge on any atom is -0.441 e. The highest BCUT2D eigenvalue weighted by molar-refractivity contribution is 6.00. The molecule has 0 radical (unpaired) electrons. The third-order valence-electron chi connectivity index (χ3n) is 3.06. The number of urea groups is 1. The summed E-state index contributed by atoms with van der Waals surface area (Å²) >= 11 is 0. The fourth-order valence-corrected chi connectivity index (χ4v) is 2.05. The number of fused-ring (bicyclic) bond motifs is 1. The van der Waals surface area contributed by atoms with E-state index in [2.05, 4.69) is 15.6 Å². The molecule has 0 saturated heterocycles. The smallest absolute Gasteiger partial charge is 0.323 e. The van der Waals surface area contributed by atoms with E-state index >= 15 is 0 Å². The van der Waals surface area contributed by atoms with Crippen molar-refractivity contribution in [3.8, 4) is 0 Å². The second kappa shape index (κ2) is 5.28. The molecule has 106 valence electrons. The highest BCUT2D eigenvalue weighted by atomic mass is 16.3. The number of nitrogens with one attached hydrogen (secondary N) is 2. The Morgan fingerprint density at radius 1 is 1.00 bits per heavy atom. The Bertz CT molecular complexity index is 791. The van der Waals surface area contributed by atoms with Gasteiger partial charge < -0.3 is 15.1 Å². The van der Waals surface area contributed by atoms with Crippen molar-refractivity contribution in [2.24, 2.45) is 0 Å².